The fraction of sp³-hybridized carbons (Fsp3) is 0.462. The van der Waals surface area contributed by atoms with Gasteiger partial charge in [0.15, 0.2) is 0 Å². The number of carbonyl (C=O) groups is 1. The largest absolute Gasteiger partial charge is 0.468 e. The first-order valence-corrected chi connectivity index (χ1v) is 5.74. The molecule has 0 aliphatic carbocycles. The molecule has 1 unspecified atom stereocenters. The number of hydrogen-bond donors (Lipinski definition) is 2. The highest BCUT2D eigenvalue weighted by Gasteiger charge is 2.11. The molecule has 0 radical (unpaired) electrons. The van der Waals surface area contributed by atoms with Crippen LogP contribution in [0.15, 0.2) is 30.3 Å². The Labute approximate surface area is 102 Å². The molecule has 0 spiro atoms. The summed E-state index contributed by atoms with van der Waals surface area (Å²) < 4.78 is 4.59. The molecule has 4 nitrogen and oxygen atoms in total. The van der Waals surface area contributed by atoms with Gasteiger partial charge in [-0.25, -0.2) is 0 Å². The van der Waals surface area contributed by atoms with Gasteiger partial charge in [0.2, 0.25) is 0 Å². The Balaban J connectivity index is 2.57. The molecule has 2 N–H and O–H groups in total. The van der Waals surface area contributed by atoms with Crippen molar-refractivity contribution < 1.29 is 14.6 Å². The number of ether oxygens (including phenoxy) is 1. The van der Waals surface area contributed by atoms with E-state index in [0.29, 0.717) is 6.42 Å². The van der Waals surface area contributed by atoms with Crippen LogP contribution in [0.4, 0.5) is 0 Å². The molecular weight excluding hydrogens is 218 g/mol. The van der Waals surface area contributed by atoms with E-state index in [1.165, 1.54) is 7.11 Å². The Morgan fingerprint density at radius 3 is 2.71 bits per heavy atom. The normalized spacial score (nSPS) is 12.1. The summed E-state index contributed by atoms with van der Waals surface area (Å²) in [6, 6.07) is 9.95. The average Bonchev–Trinajstić information content (AvgIpc) is 2.39. The maximum absolute atomic E-state index is 11.1. The molecule has 0 amide bonds. The monoisotopic (exact) mass is 237 g/mol. The van der Waals surface area contributed by atoms with Gasteiger partial charge in [-0.1, -0.05) is 30.3 Å². The van der Waals surface area contributed by atoms with Crippen molar-refractivity contribution in [3.05, 3.63) is 35.9 Å². The molecule has 1 aromatic rings. The summed E-state index contributed by atoms with van der Waals surface area (Å²) in [4.78, 5) is 11.1. The summed E-state index contributed by atoms with van der Waals surface area (Å²) in [6.07, 6.45) is 1.49. The van der Waals surface area contributed by atoms with Crippen LogP contribution in [0.1, 0.15) is 24.4 Å². The van der Waals surface area contributed by atoms with E-state index < -0.39 is 0 Å². The van der Waals surface area contributed by atoms with Gasteiger partial charge < -0.3 is 15.2 Å². The lowest BCUT2D eigenvalue weighted by molar-refractivity contribution is -0.139. The van der Waals surface area contributed by atoms with Gasteiger partial charge in [0.25, 0.3) is 0 Å². The van der Waals surface area contributed by atoms with Crippen LogP contribution < -0.4 is 5.32 Å². The zero-order valence-corrected chi connectivity index (χ0v) is 10.1. The summed E-state index contributed by atoms with van der Waals surface area (Å²) in [5.74, 6) is -0.282. The Morgan fingerprint density at radius 1 is 1.41 bits per heavy atom. The number of aliphatic hydroxyl groups excluding tert-OH is 1. The van der Waals surface area contributed by atoms with Crippen LogP contribution in [0.5, 0.6) is 0 Å². The van der Waals surface area contributed by atoms with Crippen molar-refractivity contribution in [3.8, 4) is 0 Å². The molecule has 17 heavy (non-hydrogen) atoms. The SMILES string of the molecule is COC(=O)CNC(CCCO)c1ccccc1. The average molecular weight is 237 g/mol. The van der Waals surface area contributed by atoms with Crippen LogP contribution in [0.3, 0.4) is 0 Å². The number of nitrogens with one attached hydrogen (secondary N) is 1. The topological polar surface area (TPSA) is 58.6 Å². The second-order valence-corrected chi connectivity index (χ2v) is 3.79. The summed E-state index contributed by atoms with van der Waals surface area (Å²) in [5, 5.41) is 12.0. The second-order valence-electron chi connectivity index (χ2n) is 3.79. The first-order valence-electron chi connectivity index (χ1n) is 5.74. The van der Waals surface area contributed by atoms with Crippen molar-refractivity contribution in [1.29, 1.82) is 0 Å². The highest BCUT2D eigenvalue weighted by atomic mass is 16.5. The van der Waals surface area contributed by atoms with Crippen molar-refractivity contribution >= 4 is 5.97 Å². The number of carbonyl (C=O) groups excluding carboxylic acids is 1. The third-order valence-corrected chi connectivity index (χ3v) is 2.57. The lowest BCUT2D eigenvalue weighted by Crippen LogP contribution is -2.28. The number of methoxy groups -OCH3 is 1. The number of aliphatic hydroxyl groups is 1. The predicted molar refractivity (Wildman–Crippen MR) is 65.5 cm³/mol. The smallest absolute Gasteiger partial charge is 0.319 e. The number of esters is 1. The minimum Gasteiger partial charge on any atom is -0.468 e. The van der Waals surface area contributed by atoms with Gasteiger partial charge in [-0.15, -0.1) is 0 Å². The fourth-order valence-electron chi connectivity index (χ4n) is 1.65. The van der Waals surface area contributed by atoms with Crippen LogP contribution in [0.25, 0.3) is 0 Å². The number of hydrogen-bond acceptors (Lipinski definition) is 4. The van der Waals surface area contributed by atoms with Gasteiger partial charge in [0.1, 0.15) is 0 Å². The molecular formula is C13H19NO3. The van der Waals surface area contributed by atoms with Crippen molar-refractivity contribution in [1.82, 2.24) is 5.32 Å². The van der Waals surface area contributed by atoms with E-state index >= 15 is 0 Å². The third-order valence-electron chi connectivity index (χ3n) is 2.57. The zero-order valence-electron chi connectivity index (χ0n) is 10.1. The molecule has 4 heteroatoms. The van der Waals surface area contributed by atoms with Gasteiger partial charge in [-0.3, -0.25) is 4.79 Å². The van der Waals surface area contributed by atoms with E-state index in [0.717, 1.165) is 12.0 Å². The molecule has 0 aliphatic heterocycles. The highest BCUT2D eigenvalue weighted by Crippen LogP contribution is 2.17. The van der Waals surface area contributed by atoms with Crippen LogP contribution in [-0.2, 0) is 9.53 Å². The minimum absolute atomic E-state index is 0.0717. The van der Waals surface area contributed by atoms with Crippen molar-refractivity contribution in [2.75, 3.05) is 20.3 Å². The molecule has 1 rings (SSSR count). The van der Waals surface area contributed by atoms with E-state index in [4.69, 9.17) is 5.11 Å². The molecule has 0 bridgehead atoms. The molecule has 0 fully saturated rings. The third kappa shape index (κ3) is 4.97. The lowest BCUT2D eigenvalue weighted by Gasteiger charge is -2.18. The summed E-state index contributed by atoms with van der Waals surface area (Å²) in [7, 11) is 1.37. The molecule has 0 aromatic heterocycles. The maximum atomic E-state index is 11.1. The van der Waals surface area contributed by atoms with Crippen LogP contribution in [0, 0.1) is 0 Å². The fourth-order valence-corrected chi connectivity index (χ4v) is 1.65. The predicted octanol–water partition coefficient (Wildman–Crippen LogP) is 1.26. The highest BCUT2D eigenvalue weighted by molar-refractivity contribution is 5.71. The Bertz CT molecular complexity index is 327. The van der Waals surface area contributed by atoms with E-state index in [-0.39, 0.29) is 25.2 Å². The molecule has 0 heterocycles. The Morgan fingerprint density at radius 2 is 2.12 bits per heavy atom. The Hall–Kier alpha value is -1.39. The lowest BCUT2D eigenvalue weighted by atomic mass is 10.0. The molecule has 94 valence electrons. The maximum Gasteiger partial charge on any atom is 0.319 e. The van der Waals surface area contributed by atoms with Gasteiger partial charge in [-0.05, 0) is 18.4 Å². The number of rotatable bonds is 7. The van der Waals surface area contributed by atoms with Crippen LogP contribution >= 0.6 is 0 Å². The van der Waals surface area contributed by atoms with E-state index in [9.17, 15) is 4.79 Å². The van der Waals surface area contributed by atoms with Gasteiger partial charge >= 0.3 is 5.97 Å². The summed E-state index contributed by atoms with van der Waals surface area (Å²) >= 11 is 0. The van der Waals surface area contributed by atoms with Crippen molar-refractivity contribution in [3.63, 3.8) is 0 Å². The molecule has 1 aromatic carbocycles. The van der Waals surface area contributed by atoms with Crippen molar-refractivity contribution in [2.45, 2.75) is 18.9 Å². The van der Waals surface area contributed by atoms with Gasteiger partial charge in [0.05, 0.1) is 13.7 Å². The molecule has 1 atom stereocenters. The van der Waals surface area contributed by atoms with Crippen LogP contribution in [0.2, 0.25) is 0 Å². The second kappa shape index (κ2) is 7.81. The van der Waals surface area contributed by atoms with Gasteiger partial charge in [0, 0.05) is 12.6 Å². The van der Waals surface area contributed by atoms with E-state index in [1.807, 2.05) is 30.3 Å². The first-order chi connectivity index (χ1) is 8.27. The van der Waals surface area contributed by atoms with Gasteiger partial charge in [-0.2, -0.15) is 0 Å². The first kappa shape index (κ1) is 13.7. The standard InChI is InChI=1S/C13H19NO3/c1-17-13(16)10-14-12(8-5-9-15)11-6-3-2-4-7-11/h2-4,6-7,12,14-15H,5,8-10H2,1H3. The zero-order chi connectivity index (χ0) is 12.5. The number of benzene rings is 1. The Kier molecular flexibility index (Phi) is 6.29. The van der Waals surface area contributed by atoms with E-state index in [2.05, 4.69) is 10.1 Å². The quantitative estimate of drug-likeness (QED) is 0.701. The van der Waals surface area contributed by atoms with E-state index in [1.54, 1.807) is 0 Å². The molecule has 0 saturated heterocycles. The summed E-state index contributed by atoms with van der Waals surface area (Å²) in [6.45, 7) is 0.338. The summed E-state index contributed by atoms with van der Waals surface area (Å²) in [5.41, 5.74) is 1.12. The van der Waals surface area contributed by atoms with Crippen LogP contribution in [-0.4, -0.2) is 31.3 Å². The molecule has 0 aliphatic rings. The van der Waals surface area contributed by atoms with Crippen molar-refractivity contribution in [2.24, 2.45) is 0 Å². The minimum atomic E-state index is -0.282. The molecule has 0 saturated carbocycles.